The number of esters is 5. The second-order valence-electron chi connectivity index (χ2n) is 9.79. The molecule has 0 aromatic heterocycles. The van der Waals surface area contributed by atoms with Crippen molar-refractivity contribution in [2.24, 2.45) is 0 Å². The van der Waals surface area contributed by atoms with Gasteiger partial charge in [0.25, 0.3) is 0 Å². The molecule has 0 saturated carbocycles. The van der Waals surface area contributed by atoms with Crippen LogP contribution in [0.25, 0.3) is 0 Å². The van der Waals surface area contributed by atoms with Crippen LogP contribution in [0.5, 0.6) is 0 Å². The van der Waals surface area contributed by atoms with Crippen molar-refractivity contribution in [3.63, 3.8) is 0 Å². The molecule has 0 N–H and O–H groups in total. The van der Waals surface area contributed by atoms with Crippen LogP contribution >= 0.6 is 15.9 Å². The smallest absolute Gasteiger partial charge is 0.303 e. The second kappa shape index (κ2) is 17.1. The van der Waals surface area contributed by atoms with Crippen LogP contribution in [0.2, 0.25) is 0 Å². The first-order valence-corrected chi connectivity index (χ1v) is 14.9. The van der Waals surface area contributed by atoms with E-state index < -0.39 is 91.3 Å². The molecule has 0 spiro atoms. The van der Waals surface area contributed by atoms with Crippen molar-refractivity contribution >= 4 is 45.8 Å². The number of hydrogen-bond donors (Lipinski definition) is 0. The minimum Gasteiger partial charge on any atom is -0.456 e. The van der Waals surface area contributed by atoms with Crippen LogP contribution in [0.15, 0.2) is 0 Å². The topological polar surface area (TPSA) is 168 Å². The summed E-state index contributed by atoms with van der Waals surface area (Å²) in [4.78, 5) is 60.6. The second-order valence-corrected chi connectivity index (χ2v) is 10.6. The molecule has 2 fully saturated rings. The van der Waals surface area contributed by atoms with Gasteiger partial charge in [-0.2, -0.15) is 0 Å². The van der Waals surface area contributed by atoms with E-state index in [0.29, 0.717) is 18.2 Å². The van der Waals surface area contributed by atoms with E-state index in [0.717, 1.165) is 13.8 Å². The van der Waals surface area contributed by atoms with E-state index in [1.54, 1.807) is 13.8 Å². The van der Waals surface area contributed by atoms with Gasteiger partial charge in [-0.15, -0.1) is 0 Å². The fraction of sp³-hybridized carbons (Fsp3) is 0.815. The van der Waals surface area contributed by atoms with Crippen LogP contribution in [0, 0.1) is 0 Å². The summed E-state index contributed by atoms with van der Waals surface area (Å²) >= 11 is 3.33. The molecule has 10 atom stereocenters. The van der Waals surface area contributed by atoms with Gasteiger partial charge in [-0.1, -0.05) is 29.8 Å². The zero-order chi connectivity index (χ0) is 31.6. The molecule has 0 radical (unpaired) electrons. The van der Waals surface area contributed by atoms with Gasteiger partial charge >= 0.3 is 29.8 Å². The van der Waals surface area contributed by atoms with E-state index in [4.69, 9.17) is 42.6 Å². The van der Waals surface area contributed by atoms with Crippen molar-refractivity contribution in [3.8, 4) is 0 Å². The fourth-order valence-electron chi connectivity index (χ4n) is 4.85. The summed E-state index contributed by atoms with van der Waals surface area (Å²) in [5.74, 6) is -3.53. The molecular formula is C27H41BrO14. The van der Waals surface area contributed by atoms with Gasteiger partial charge in [0.1, 0.15) is 12.2 Å². The third kappa shape index (κ3) is 10.1. The summed E-state index contributed by atoms with van der Waals surface area (Å²) in [7, 11) is 0. The summed E-state index contributed by atoms with van der Waals surface area (Å²) in [5, 5.41) is 0.654. The molecule has 240 valence electrons. The zero-order valence-corrected chi connectivity index (χ0v) is 26.5. The van der Waals surface area contributed by atoms with E-state index in [-0.39, 0.29) is 13.0 Å². The monoisotopic (exact) mass is 668 g/mol. The average molecular weight is 670 g/mol. The van der Waals surface area contributed by atoms with E-state index in [2.05, 4.69) is 15.9 Å². The largest absolute Gasteiger partial charge is 0.456 e. The van der Waals surface area contributed by atoms with Crippen LogP contribution in [-0.2, 0) is 66.6 Å². The van der Waals surface area contributed by atoms with Crippen molar-refractivity contribution < 1.29 is 66.6 Å². The highest BCUT2D eigenvalue weighted by atomic mass is 79.9. The number of rotatable bonds is 13. The number of ether oxygens (including phenoxy) is 9. The SMILES string of the molecule is CCC1OC(OC2C(CC)OC(OCCCBr)C(OC(C)=O)C2OC(C)=O)C(OC(C)=O)C(OC(C)=O)C1OC(C)=O. The molecule has 0 amide bonds. The number of carbonyl (C=O) groups excluding carboxylic acids is 5. The van der Waals surface area contributed by atoms with E-state index >= 15 is 0 Å². The van der Waals surface area contributed by atoms with Crippen LogP contribution in [-0.4, -0.2) is 103 Å². The first kappa shape index (κ1) is 35.9. The average Bonchev–Trinajstić information content (AvgIpc) is 2.88. The quantitative estimate of drug-likeness (QED) is 0.121. The predicted molar refractivity (Wildman–Crippen MR) is 145 cm³/mol. The number of carbonyl (C=O) groups is 5. The maximum atomic E-state index is 12.3. The van der Waals surface area contributed by atoms with Crippen LogP contribution in [0.3, 0.4) is 0 Å². The third-order valence-electron chi connectivity index (χ3n) is 6.35. The van der Waals surface area contributed by atoms with Crippen LogP contribution < -0.4 is 0 Å². The minimum absolute atomic E-state index is 0.252. The van der Waals surface area contributed by atoms with Gasteiger partial charge in [0.05, 0.1) is 12.7 Å². The van der Waals surface area contributed by atoms with Crippen molar-refractivity contribution in [1.82, 2.24) is 0 Å². The van der Waals surface area contributed by atoms with Gasteiger partial charge in [-0.05, 0) is 19.3 Å². The first-order chi connectivity index (χ1) is 19.8. The summed E-state index contributed by atoms with van der Waals surface area (Å²) in [6.07, 6.45) is -10.3. The fourth-order valence-corrected chi connectivity index (χ4v) is 5.08. The summed E-state index contributed by atoms with van der Waals surface area (Å²) in [6, 6.07) is 0. The van der Waals surface area contributed by atoms with E-state index in [1.807, 2.05) is 0 Å². The molecule has 2 saturated heterocycles. The normalized spacial score (nSPS) is 32.8. The standard InChI is InChI=1S/C27H41BrO14/c1-8-18-20(35-13(3)29)22(36-14(4)30)25(39-17(7)33)27(41-18)42-21-19(9-2)40-26(34-12-10-11-28)24(38-16(6)32)23(21)37-15(5)31/h18-27H,8-12H2,1-7H3. The van der Waals surface area contributed by atoms with Crippen LogP contribution in [0.1, 0.15) is 67.7 Å². The molecule has 10 unspecified atom stereocenters. The van der Waals surface area contributed by atoms with Gasteiger partial charge in [-0.25, -0.2) is 0 Å². The molecule has 2 rings (SSSR count). The lowest BCUT2D eigenvalue weighted by Crippen LogP contribution is -2.66. The van der Waals surface area contributed by atoms with Crippen molar-refractivity contribution in [2.75, 3.05) is 11.9 Å². The Bertz CT molecular complexity index is 944. The highest BCUT2D eigenvalue weighted by molar-refractivity contribution is 9.09. The third-order valence-corrected chi connectivity index (χ3v) is 6.91. The Hall–Kier alpha value is -2.33. The molecule has 2 aliphatic heterocycles. The van der Waals surface area contributed by atoms with E-state index in [1.165, 1.54) is 20.8 Å². The van der Waals surface area contributed by atoms with Gasteiger partial charge in [-0.3, -0.25) is 24.0 Å². The first-order valence-electron chi connectivity index (χ1n) is 13.8. The Morgan fingerprint density at radius 3 is 1.40 bits per heavy atom. The van der Waals surface area contributed by atoms with Crippen molar-refractivity contribution in [2.45, 2.75) is 129 Å². The highest BCUT2D eigenvalue weighted by Gasteiger charge is 2.56. The van der Waals surface area contributed by atoms with Crippen molar-refractivity contribution in [3.05, 3.63) is 0 Å². The minimum atomic E-state index is -1.42. The zero-order valence-electron chi connectivity index (χ0n) is 24.9. The van der Waals surface area contributed by atoms with Gasteiger partial charge < -0.3 is 42.6 Å². The molecule has 0 aliphatic carbocycles. The lowest BCUT2D eigenvalue weighted by Gasteiger charge is -2.49. The van der Waals surface area contributed by atoms with Gasteiger partial charge in [0, 0.05) is 39.9 Å². The van der Waals surface area contributed by atoms with E-state index in [9.17, 15) is 24.0 Å². The molecular weight excluding hydrogens is 628 g/mol. The Morgan fingerprint density at radius 2 is 0.952 bits per heavy atom. The molecule has 0 aromatic rings. The number of alkyl halides is 1. The number of hydrogen-bond acceptors (Lipinski definition) is 14. The Kier molecular flexibility index (Phi) is 14.6. The number of halogens is 1. The maximum Gasteiger partial charge on any atom is 0.303 e. The Morgan fingerprint density at radius 1 is 0.571 bits per heavy atom. The molecule has 42 heavy (non-hydrogen) atoms. The lowest BCUT2D eigenvalue weighted by molar-refractivity contribution is -0.357. The summed E-state index contributed by atoms with van der Waals surface area (Å²) in [6.45, 7) is 9.65. The van der Waals surface area contributed by atoms with Crippen LogP contribution in [0.4, 0.5) is 0 Å². The maximum absolute atomic E-state index is 12.3. The highest BCUT2D eigenvalue weighted by Crippen LogP contribution is 2.36. The molecule has 2 aliphatic rings. The predicted octanol–water partition coefficient (Wildman–Crippen LogP) is 2.10. The molecule has 15 heteroatoms. The molecule has 0 bridgehead atoms. The summed E-state index contributed by atoms with van der Waals surface area (Å²) in [5.41, 5.74) is 0. The molecule has 14 nitrogen and oxygen atoms in total. The molecule has 2 heterocycles. The summed E-state index contributed by atoms with van der Waals surface area (Å²) < 4.78 is 52.1. The van der Waals surface area contributed by atoms with Gasteiger partial charge in [0.15, 0.2) is 43.1 Å². The van der Waals surface area contributed by atoms with Gasteiger partial charge in [0.2, 0.25) is 0 Å². The van der Waals surface area contributed by atoms with Crippen molar-refractivity contribution in [1.29, 1.82) is 0 Å². The Balaban J connectivity index is 2.56. The molecule has 0 aromatic carbocycles. The Labute approximate surface area is 253 Å². The lowest BCUT2D eigenvalue weighted by atomic mass is 9.94.